The summed E-state index contributed by atoms with van der Waals surface area (Å²) in [6, 6.07) is 0. The first kappa shape index (κ1) is 17.1. The Morgan fingerprint density at radius 1 is 1.25 bits per heavy atom. The number of ether oxygens (including phenoxy) is 1. The monoisotopic (exact) mass is 348 g/mol. The van der Waals surface area contributed by atoms with Gasteiger partial charge in [0.15, 0.2) is 0 Å². The fraction of sp³-hybridized carbons (Fsp3) is 0.588. The number of hydrogen-bond acceptors (Lipinski definition) is 7. The molecule has 1 N–H and O–H groups in total. The van der Waals surface area contributed by atoms with E-state index in [1.165, 1.54) is 11.3 Å². The van der Waals surface area contributed by atoms with Crippen LogP contribution in [-0.4, -0.2) is 48.2 Å². The van der Waals surface area contributed by atoms with Crippen LogP contribution in [0.2, 0.25) is 0 Å². The number of esters is 1. The van der Waals surface area contributed by atoms with Gasteiger partial charge in [-0.3, -0.25) is 0 Å². The zero-order chi connectivity index (χ0) is 17.3. The Morgan fingerprint density at radius 2 is 2.04 bits per heavy atom. The summed E-state index contributed by atoms with van der Waals surface area (Å²) in [5.41, 5.74) is 0.924. The van der Waals surface area contributed by atoms with Gasteiger partial charge in [-0.15, -0.1) is 11.3 Å². The molecule has 0 aromatic carbocycles. The third-order valence-corrected chi connectivity index (χ3v) is 5.22. The standard InChI is InChI=1S/C17H24N4O2S/c1-10(2)23-17(22)14-11(3)13-15(19-12(4)20-16(13)24-14)21-8-5-6-18-7-9-21/h10,18H,5-9H2,1-4H3. The van der Waals surface area contributed by atoms with E-state index in [9.17, 15) is 4.79 Å². The first-order chi connectivity index (χ1) is 11.5. The minimum atomic E-state index is -0.272. The molecular formula is C17H24N4O2S. The third-order valence-electron chi connectivity index (χ3n) is 4.05. The molecule has 0 radical (unpaired) electrons. The van der Waals surface area contributed by atoms with Crippen molar-refractivity contribution in [2.75, 3.05) is 31.1 Å². The fourth-order valence-electron chi connectivity index (χ4n) is 2.97. The molecule has 1 aliphatic heterocycles. The van der Waals surface area contributed by atoms with Crippen LogP contribution >= 0.6 is 11.3 Å². The summed E-state index contributed by atoms with van der Waals surface area (Å²) < 4.78 is 5.38. The quantitative estimate of drug-likeness (QED) is 0.860. The molecule has 1 aliphatic rings. The van der Waals surface area contributed by atoms with Crippen LogP contribution in [0, 0.1) is 13.8 Å². The maximum absolute atomic E-state index is 12.4. The van der Waals surface area contributed by atoms with Gasteiger partial charge in [0.2, 0.25) is 0 Å². The van der Waals surface area contributed by atoms with Gasteiger partial charge in [-0.05, 0) is 46.2 Å². The summed E-state index contributed by atoms with van der Waals surface area (Å²) >= 11 is 1.40. The van der Waals surface area contributed by atoms with Gasteiger partial charge in [0.25, 0.3) is 0 Å². The first-order valence-electron chi connectivity index (χ1n) is 8.41. The molecular weight excluding hydrogens is 324 g/mol. The number of fused-ring (bicyclic) bond motifs is 1. The van der Waals surface area contributed by atoms with Crippen LogP contribution < -0.4 is 10.2 Å². The zero-order valence-electron chi connectivity index (χ0n) is 14.7. The van der Waals surface area contributed by atoms with E-state index in [4.69, 9.17) is 9.72 Å². The van der Waals surface area contributed by atoms with Crippen LogP contribution in [0.3, 0.4) is 0 Å². The second-order valence-electron chi connectivity index (χ2n) is 6.38. The van der Waals surface area contributed by atoms with Crippen LogP contribution in [0.15, 0.2) is 0 Å². The van der Waals surface area contributed by atoms with Gasteiger partial charge >= 0.3 is 5.97 Å². The Labute approximate surface area is 146 Å². The number of anilines is 1. The van der Waals surface area contributed by atoms with Crippen molar-refractivity contribution in [2.45, 2.75) is 40.2 Å². The normalized spacial score (nSPS) is 15.8. The van der Waals surface area contributed by atoms with Gasteiger partial charge < -0.3 is 15.0 Å². The highest BCUT2D eigenvalue weighted by Gasteiger charge is 2.24. The Balaban J connectivity index is 2.09. The molecule has 1 fully saturated rings. The molecule has 0 aliphatic carbocycles. The molecule has 24 heavy (non-hydrogen) atoms. The van der Waals surface area contributed by atoms with Gasteiger partial charge in [-0.25, -0.2) is 14.8 Å². The van der Waals surface area contributed by atoms with Crippen molar-refractivity contribution in [3.05, 3.63) is 16.3 Å². The van der Waals surface area contributed by atoms with Crippen LogP contribution in [0.1, 0.15) is 41.3 Å². The summed E-state index contributed by atoms with van der Waals surface area (Å²) in [6.45, 7) is 11.4. The Hall–Kier alpha value is -1.73. The predicted octanol–water partition coefficient (Wildman–Crippen LogP) is 2.67. The topological polar surface area (TPSA) is 67.4 Å². The largest absolute Gasteiger partial charge is 0.459 e. The molecule has 1 saturated heterocycles. The minimum absolute atomic E-state index is 0.133. The molecule has 2 aromatic rings. The van der Waals surface area contributed by atoms with Crippen LogP contribution in [0.4, 0.5) is 5.82 Å². The average molecular weight is 348 g/mol. The van der Waals surface area contributed by atoms with Gasteiger partial charge in [0, 0.05) is 19.6 Å². The van der Waals surface area contributed by atoms with Crippen LogP contribution in [-0.2, 0) is 4.74 Å². The molecule has 0 atom stereocenters. The van der Waals surface area contributed by atoms with E-state index in [0.29, 0.717) is 4.88 Å². The van der Waals surface area contributed by atoms with Crippen molar-refractivity contribution in [1.29, 1.82) is 0 Å². The van der Waals surface area contributed by atoms with Crippen molar-refractivity contribution in [3.63, 3.8) is 0 Å². The number of aromatic nitrogens is 2. The molecule has 3 heterocycles. The molecule has 0 bridgehead atoms. The number of carbonyl (C=O) groups excluding carboxylic acids is 1. The molecule has 7 heteroatoms. The summed E-state index contributed by atoms with van der Waals surface area (Å²) in [7, 11) is 0. The lowest BCUT2D eigenvalue weighted by Gasteiger charge is -2.22. The van der Waals surface area contributed by atoms with Crippen molar-refractivity contribution in [2.24, 2.45) is 0 Å². The fourth-order valence-corrected chi connectivity index (χ4v) is 4.07. The van der Waals surface area contributed by atoms with Crippen molar-refractivity contribution >= 4 is 33.3 Å². The van der Waals surface area contributed by atoms with Gasteiger partial charge in [-0.2, -0.15) is 0 Å². The molecule has 0 unspecified atom stereocenters. The number of hydrogen-bond donors (Lipinski definition) is 1. The Kier molecular flexibility index (Phi) is 5.01. The molecule has 0 amide bonds. The molecule has 130 valence electrons. The maximum Gasteiger partial charge on any atom is 0.348 e. The summed E-state index contributed by atoms with van der Waals surface area (Å²) in [6.07, 6.45) is 0.946. The highest BCUT2D eigenvalue weighted by atomic mass is 32.1. The third kappa shape index (κ3) is 3.37. The van der Waals surface area contributed by atoms with E-state index in [1.54, 1.807) is 0 Å². The van der Waals surface area contributed by atoms with Crippen molar-refractivity contribution in [3.8, 4) is 0 Å². The lowest BCUT2D eigenvalue weighted by molar-refractivity contribution is 0.0383. The number of carbonyl (C=O) groups is 1. The Bertz CT molecular complexity index is 749. The molecule has 0 saturated carbocycles. The smallest absolute Gasteiger partial charge is 0.348 e. The number of nitrogens with one attached hydrogen (secondary N) is 1. The van der Waals surface area contributed by atoms with E-state index in [1.807, 2.05) is 27.7 Å². The number of aryl methyl sites for hydroxylation is 2. The predicted molar refractivity (Wildman–Crippen MR) is 97.1 cm³/mol. The number of nitrogens with zero attached hydrogens (tertiary/aromatic N) is 3. The highest BCUT2D eigenvalue weighted by Crippen LogP contribution is 2.36. The molecule has 0 spiro atoms. The SMILES string of the molecule is Cc1nc(N2CCCNCC2)c2c(C)c(C(=O)OC(C)C)sc2n1. The Morgan fingerprint density at radius 3 is 2.79 bits per heavy atom. The maximum atomic E-state index is 12.4. The summed E-state index contributed by atoms with van der Waals surface area (Å²) in [5.74, 6) is 1.41. The molecule has 3 rings (SSSR count). The van der Waals surface area contributed by atoms with E-state index >= 15 is 0 Å². The lowest BCUT2D eigenvalue weighted by Crippen LogP contribution is -2.29. The highest BCUT2D eigenvalue weighted by molar-refractivity contribution is 7.20. The van der Waals surface area contributed by atoms with Crippen molar-refractivity contribution < 1.29 is 9.53 Å². The second kappa shape index (κ2) is 7.03. The van der Waals surface area contributed by atoms with E-state index < -0.39 is 0 Å². The van der Waals surface area contributed by atoms with E-state index in [2.05, 4.69) is 15.2 Å². The molecule has 2 aromatic heterocycles. The first-order valence-corrected chi connectivity index (χ1v) is 9.23. The van der Waals surface area contributed by atoms with Crippen LogP contribution in [0.5, 0.6) is 0 Å². The zero-order valence-corrected chi connectivity index (χ0v) is 15.5. The summed E-state index contributed by atoms with van der Waals surface area (Å²) in [4.78, 5) is 25.4. The van der Waals surface area contributed by atoms with E-state index in [0.717, 1.165) is 60.0 Å². The van der Waals surface area contributed by atoms with Gasteiger partial charge in [0.1, 0.15) is 21.3 Å². The molecule has 6 nitrogen and oxygen atoms in total. The number of thiophene rings is 1. The number of rotatable bonds is 3. The van der Waals surface area contributed by atoms with Crippen LogP contribution in [0.25, 0.3) is 10.2 Å². The average Bonchev–Trinajstić information content (AvgIpc) is 2.71. The lowest BCUT2D eigenvalue weighted by atomic mass is 10.2. The van der Waals surface area contributed by atoms with E-state index in [-0.39, 0.29) is 12.1 Å². The van der Waals surface area contributed by atoms with Gasteiger partial charge in [-0.1, -0.05) is 0 Å². The minimum Gasteiger partial charge on any atom is -0.459 e. The second-order valence-corrected chi connectivity index (χ2v) is 7.37. The van der Waals surface area contributed by atoms with Crippen molar-refractivity contribution in [1.82, 2.24) is 15.3 Å². The van der Waals surface area contributed by atoms with Gasteiger partial charge in [0.05, 0.1) is 11.5 Å². The summed E-state index contributed by atoms with van der Waals surface area (Å²) in [5, 5.41) is 4.40.